The fourth-order valence-corrected chi connectivity index (χ4v) is 3.44. The molecule has 0 radical (unpaired) electrons. The van der Waals surface area contributed by atoms with Crippen molar-refractivity contribution in [3.63, 3.8) is 0 Å². The Morgan fingerprint density at radius 1 is 1.14 bits per heavy atom. The van der Waals surface area contributed by atoms with E-state index in [4.69, 9.17) is 9.47 Å². The number of H-pyrrole nitrogens is 1. The molecule has 0 aliphatic carbocycles. The highest BCUT2D eigenvalue weighted by Crippen LogP contribution is 2.32. The summed E-state index contributed by atoms with van der Waals surface area (Å²) in [5.41, 5.74) is 3.20. The number of hydrogen-bond donors (Lipinski definition) is 2. The number of aromatic nitrogens is 1. The third-order valence-electron chi connectivity index (χ3n) is 5.07. The van der Waals surface area contributed by atoms with Crippen molar-refractivity contribution >= 4 is 16.9 Å². The molecule has 1 atom stereocenters. The van der Waals surface area contributed by atoms with E-state index in [1.807, 2.05) is 55.3 Å². The maximum atomic E-state index is 12.8. The lowest BCUT2D eigenvalue weighted by molar-refractivity contribution is 0.171. The molecule has 0 saturated carbocycles. The van der Waals surface area contributed by atoms with Crippen molar-refractivity contribution in [1.82, 2.24) is 15.2 Å². The van der Waals surface area contributed by atoms with Gasteiger partial charge in [0.1, 0.15) is 13.2 Å². The first-order chi connectivity index (χ1) is 13.6. The van der Waals surface area contributed by atoms with Crippen LogP contribution in [-0.4, -0.2) is 35.7 Å². The van der Waals surface area contributed by atoms with Gasteiger partial charge in [0, 0.05) is 24.8 Å². The molecule has 2 amide bonds. The van der Waals surface area contributed by atoms with Crippen molar-refractivity contribution in [2.45, 2.75) is 26.4 Å². The molecule has 0 bridgehead atoms. The van der Waals surface area contributed by atoms with Crippen LogP contribution in [0.2, 0.25) is 0 Å². The Bertz CT molecular complexity index is 982. The van der Waals surface area contributed by atoms with Gasteiger partial charge in [-0.2, -0.15) is 0 Å². The average molecular weight is 379 g/mol. The molecule has 1 aliphatic heterocycles. The van der Waals surface area contributed by atoms with Crippen LogP contribution in [0.5, 0.6) is 11.5 Å². The van der Waals surface area contributed by atoms with E-state index in [0.29, 0.717) is 26.3 Å². The van der Waals surface area contributed by atoms with Crippen LogP contribution >= 0.6 is 0 Å². The highest BCUT2D eigenvalue weighted by atomic mass is 16.6. The highest BCUT2D eigenvalue weighted by molar-refractivity contribution is 5.80. The molecule has 6 nitrogen and oxygen atoms in total. The van der Waals surface area contributed by atoms with Crippen LogP contribution in [0.15, 0.2) is 48.7 Å². The molecule has 4 rings (SSSR count). The summed E-state index contributed by atoms with van der Waals surface area (Å²) in [5.74, 6) is 1.49. The maximum absolute atomic E-state index is 12.8. The fraction of sp³-hybridized carbons (Fsp3) is 0.318. The van der Waals surface area contributed by atoms with Gasteiger partial charge < -0.3 is 24.7 Å². The van der Waals surface area contributed by atoms with Crippen LogP contribution in [-0.2, 0) is 6.54 Å². The summed E-state index contributed by atoms with van der Waals surface area (Å²) in [6.45, 7) is 6.28. The number of urea groups is 1. The minimum atomic E-state index is -0.135. The molecule has 0 saturated heterocycles. The summed E-state index contributed by atoms with van der Waals surface area (Å²) in [4.78, 5) is 17.8. The Morgan fingerprint density at radius 2 is 1.96 bits per heavy atom. The summed E-state index contributed by atoms with van der Waals surface area (Å²) in [6.07, 6.45) is 1.92. The number of benzene rings is 2. The summed E-state index contributed by atoms with van der Waals surface area (Å²) in [7, 11) is 0. The van der Waals surface area contributed by atoms with Gasteiger partial charge in [0.15, 0.2) is 11.5 Å². The van der Waals surface area contributed by atoms with Crippen LogP contribution in [0.4, 0.5) is 4.79 Å². The Balaban J connectivity index is 1.43. The summed E-state index contributed by atoms with van der Waals surface area (Å²) in [5, 5.41) is 4.24. The van der Waals surface area contributed by atoms with E-state index in [-0.39, 0.29) is 12.1 Å². The van der Waals surface area contributed by atoms with Gasteiger partial charge in [0.25, 0.3) is 0 Å². The third-order valence-corrected chi connectivity index (χ3v) is 5.07. The second kappa shape index (κ2) is 7.84. The molecule has 28 heavy (non-hydrogen) atoms. The average Bonchev–Trinajstić information content (AvgIpc) is 3.19. The second-order valence-corrected chi connectivity index (χ2v) is 6.99. The quantitative estimate of drug-likeness (QED) is 0.697. The number of aromatic amines is 1. The summed E-state index contributed by atoms with van der Waals surface area (Å²) < 4.78 is 11.2. The summed E-state index contributed by atoms with van der Waals surface area (Å²) >= 11 is 0. The molecule has 2 aromatic carbocycles. The normalized spacial score (nSPS) is 13.9. The number of ether oxygens (including phenoxy) is 2. The van der Waals surface area contributed by atoms with Gasteiger partial charge in [-0.05, 0) is 60.7 Å². The second-order valence-electron chi connectivity index (χ2n) is 6.99. The summed E-state index contributed by atoms with van der Waals surface area (Å²) in [6, 6.07) is 13.8. The van der Waals surface area contributed by atoms with E-state index < -0.39 is 0 Å². The lowest BCUT2D eigenvalue weighted by atomic mass is 10.1. The smallest absolute Gasteiger partial charge is 0.318 e. The maximum Gasteiger partial charge on any atom is 0.318 e. The van der Waals surface area contributed by atoms with Crippen molar-refractivity contribution in [1.29, 1.82) is 0 Å². The molecule has 1 aromatic heterocycles. The lowest BCUT2D eigenvalue weighted by Gasteiger charge is -2.25. The van der Waals surface area contributed by atoms with E-state index in [1.165, 1.54) is 0 Å². The van der Waals surface area contributed by atoms with Crippen molar-refractivity contribution in [2.75, 3.05) is 19.8 Å². The van der Waals surface area contributed by atoms with Gasteiger partial charge in [0.05, 0.1) is 6.04 Å². The molecule has 146 valence electrons. The van der Waals surface area contributed by atoms with Gasteiger partial charge in [-0.25, -0.2) is 4.79 Å². The largest absolute Gasteiger partial charge is 0.486 e. The Labute approximate surface area is 164 Å². The van der Waals surface area contributed by atoms with E-state index in [9.17, 15) is 4.79 Å². The highest BCUT2D eigenvalue weighted by Gasteiger charge is 2.18. The predicted octanol–water partition coefficient (Wildman–Crippen LogP) is 4.23. The molecule has 6 heteroatoms. The van der Waals surface area contributed by atoms with Crippen molar-refractivity contribution in [3.05, 3.63) is 59.8 Å². The zero-order valence-corrected chi connectivity index (χ0v) is 16.2. The van der Waals surface area contributed by atoms with E-state index >= 15 is 0 Å². The standard InChI is InChI=1S/C22H25N3O3/c1-3-25(14-16-4-6-19-18(12-16)8-9-23-19)22(26)24-15(2)17-5-7-20-21(13-17)28-11-10-27-20/h4-9,12-13,15,23H,3,10-11,14H2,1-2H3,(H,24,26). The predicted molar refractivity (Wildman–Crippen MR) is 109 cm³/mol. The zero-order chi connectivity index (χ0) is 19.5. The number of carbonyl (C=O) groups excluding carboxylic acids is 1. The van der Waals surface area contributed by atoms with Crippen LogP contribution in [0.25, 0.3) is 10.9 Å². The van der Waals surface area contributed by atoms with Crippen LogP contribution in [0, 0.1) is 0 Å². The van der Waals surface area contributed by atoms with Gasteiger partial charge >= 0.3 is 6.03 Å². The molecular formula is C22H25N3O3. The number of hydrogen-bond acceptors (Lipinski definition) is 3. The van der Waals surface area contributed by atoms with E-state index in [0.717, 1.165) is 33.5 Å². The number of nitrogens with zero attached hydrogens (tertiary/aromatic N) is 1. The SMILES string of the molecule is CCN(Cc1ccc2[nH]ccc2c1)C(=O)NC(C)c1ccc2c(c1)OCCO2. The van der Waals surface area contributed by atoms with Gasteiger partial charge in [-0.1, -0.05) is 12.1 Å². The molecule has 2 N–H and O–H groups in total. The van der Waals surface area contributed by atoms with Crippen molar-refractivity contribution < 1.29 is 14.3 Å². The number of carbonyl (C=O) groups is 1. The molecule has 0 spiro atoms. The number of rotatable bonds is 5. The lowest BCUT2D eigenvalue weighted by Crippen LogP contribution is -2.40. The van der Waals surface area contributed by atoms with Crippen LogP contribution in [0.1, 0.15) is 31.0 Å². The van der Waals surface area contributed by atoms with E-state index in [1.54, 1.807) is 0 Å². The van der Waals surface area contributed by atoms with Crippen molar-refractivity contribution in [2.24, 2.45) is 0 Å². The Kier molecular flexibility index (Phi) is 5.10. The number of nitrogens with one attached hydrogen (secondary N) is 2. The number of amides is 2. The van der Waals surface area contributed by atoms with Crippen LogP contribution in [0.3, 0.4) is 0 Å². The Hall–Kier alpha value is -3.15. The van der Waals surface area contributed by atoms with Crippen LogP contribution < -0.4 is 14.8 Å². The zero-order valence-electron chi connectivity index (χ0n) is 16.2. The first-order valence-electron chi connectivity index (χ1n) is 9.65. The third kappa shape index (κ3) is 3.76. The molecule has 0 fully saturated rings. The first-order valence-corrected chi connectivity index (χ1v) is 9.65. The van der Waals surface area contributed by atoms with Crippen molar-refractivity contribution in [3.8, 4) is 11.5 Å². The molecular weight excluding hydrogens is 354 g/mol. The monoisotopic (exact) mass is 379 g/mol. The van der Waals surface area contributed by atoms with Gasteiger partial charge in [-0.3, -0.25) is 0 Å². The molecule has 2 heterocycles. The minimum absolute atomic E-state index is 0.0842. The van der Waals surface area contributed by atoms with E-state index in [2.05, 4.69) is 22.4 Å². The first kappa shape index (κ1) is 18.2. The molecule has 1 aliphatic rings. The Morgan fingerprint density at radius 3 is 2.79 bits per heavy atom. The van der Waals surface area contributed by atoms with Gasteiger partial charge in [-0.15, -0.1) is 0 Å². The minimum Gasteiger partial charge on any atom is -0.486 e. The number of fused-ring (bicyclic) bond motifs is 2. The topological polar surface area (TPSA) is 66.6 Å². The molecule has 1 unspecified atom stereocenters. The van der Waals surface area contributed by atoms with Gasteiger partial charge in [0.2, 0.25) is 0 Å². The molecule has 3 aromatic rings. The fourth-order valence-electron chi connectivity index (χ4n) is 3.44.